The Morgan fingerprint density at radius 1 is 1.29 bits per heavy atom. The van der Waals surface area contributed by atoms with Crippen LogP contribution in [0.25, 0.3) is 11.1 Å². The third-order valence-electron chi connectivity index (χ3n) is 4.62. The SMILES string of the molecule is COc1ccc(Cl)cc1-c1ccc2c(c1)CC(C)(C)C2NC(=O)O. The first-order chi connectivity index (χ1) is 11.3. The van der Waals surface area contributed by atoms with Gasteiger partial charge in [0.25, 0.3) is 0 Å². The van der Waals surface area contributed by atoms with Crippen molar-refractivity contribution in [2.45, 2.75) is 26.3 Å². The quantitative estimate of drug-likeness (QED) is 0.831. The lowest BCUT2D eigenvalue weighted by atomic mass is 9.85. The van der Waals surface area contributed by atoms with Crippen LogP contribution in [0.4, 0.5) is 4.79 Å². The fraction of sp³-hybridized carbons (Fsp3) is 0.316. The molecule has 0 aliphatic heterocycles. The molecule has 3 rings (SSSR count). The number of rotatable bonds is 3. The number of methoxy groups -OCH3 is 1. The topological polar surface area (TPSA) is 58.6 Å². The predicted molar refractivity (Wildman–Crippen MR) is 94.8 cm³/mol. The molecule has 2 aromatic rings. The van der Waals surface area contributed by atoms with Crippen LogP contribution in [0.2, 0.25) is 5.02 Å². The van der Waals surface area contributed by atoms with Crippen molar-refractivity contribution in [1.82, 2.24) is 5.32 Å². The third kappa shape index (κ3) is 2.94. The number of benzene rings is 2. The molecule has 0 fully saturated rings. The van der Waals surface area contributed by atoms with Crippen LogP contribution in [-0.2, 0) is 6.42 Å². The van der Waals surface area contributed by atoms with Crippen LogP contribution in [0.15, 0.2) is 36.4 Å². The summed E-state index contributed by atoms with van der Waals surface area (Å²) in [5, 5.41) is 12.4. The van der Waals surface area contributed by atoms with Gasteiger partial charge in [0.05, 0.1) is 13.2 Å². The van der Waals surface area contributed by atoms with Gasteiger partial charge in [-0.2, -0.15) is 0 Å². The minimum Gasteiger partial charge on any atom is -0.496 e. The van der Waals surface area contributed by atoms with E-state index in [0.29, 0.717) is 5.02 Å². The number of hydrogen-bond donors (Lipinski definition) is 2. The van der Waals surface area contributed by atoms with Gasteiger partial charge in [-0.25, -0.2) is 4.79 Å². The summed E-state index contributed by atoms with van der Waals surface area (Å²) >= 11 is 6.14. The number of fused-ring (bicyclic) bond motifs is 1. The molecule has 0 spiro atoms. The van der Waals surface area contributed by atoms with Crippen molar-refractivity contribution in [1.29, 1.82) is 0 Å². The molecule has 24 heavy (non-hydrogen) atoms. The van der Waals surface area contributed by atoms with Crippen molar-refractivity contribution < 1.29 is 14.6 Å². The lowest BCUT2D eigenvalue weighted by Crippen LogP contribution is -2.34. The minimum absolute atomic E-state index is 0.169. The van der Waals surface area contributed by atoms with Crippen molar-refractivity contribution in [3.63, 3.8) is 0 Å². The second-order valence-electron chi connectivity index (χ2n) is 6.81. The second kappa shape index (κ2) is 6.02. The second-order valence-corrected chi connectivity index (χ2v) is 7.24. The van der Waals surface area contributed by atoms with E-state index in [4.69, 9.17) is 21.4 Å². The first kappa shape index (κ1) is 16.7. The van der Waals surface area contributed by atoms with Gasteiger partial charge in [-0.3, -0.25) is 0 Å². The summed E-state index contributed by atoms with van der Waals surface area (Å²) in [6, 6.07) is 11.4. The summed E-state index contributed by atoms with van der Waals surface area (Å²) in [4.78, 5) is 11.1. The average molecular weight is 346 g/mol. The van der Waals surface area contributed by atoms with Crippen molar-refractivity contribution in [3.8, 4) is 16.9 Å². The highest BCUT2D eigenvalue weighted by Crippen LogP contribution is 2.46. The smallest absolute Gasteiger partial charge is 0.405 e. The summed E-state index contributed by atoms with van der Waals surface area (Å²) in [5.41, 5.74) is 3.96. The number of carbonyl (C=O) groups is 1. The maximum absolute atomic E-state index is 11.1. The monoisotopic (exact) mass is 345 g/mol. The van der Waals surface area contributed by atoms with Crippen molar-refractivity contribution >= 4 is 17.7 Å². The van der Waals surface area contributed by atoms with Gasteiger partial charge in [0, 0.05) is 10.6 Å². The number of nitrogens with one attached hydrogen (secondary N) is 1. The number of carboxylic acid groups (broad SMARTS) is 1. The highest BCUT2D eigenvalue weighted by molar-refractivity contribution is 6.31. The van der Waals surface area contributed by atoms with Crippen molar-refractivity contribution in [2.75, 3.05) is 7.11 Å². The van der Waals surface area contributed by atoms with Gasteiger partial charge in [-0.15, -0.1) is 0 Å². The lowest BCUT2D eigenvalue weighted by molar-refractivity contribution is 0.175. The molecule has 2 N–H and O–H groups in total. The molecule has 1 unspecified atom stereocenters. The zero-order valence-electron chi connectivity index (χ0n) is 13.9. The van der Waals surface area contributed by atoms with E-state index >= 15 is 0 Å². The summed E-state index contributed by atoms with van der Waals surface area (Å²) < 4.78 is 5.44. The molecule has 0 saturated heterocycles. The van der Waals surface area contributed by atoms with E-state index in [2.05, 4.69) is 25.2 Å². The van der Waals surface area contributed by atoms with E-state index in [0.717, 1.165) is 34.4 Å². The molecule has 0 bridgehead atoms. The molecule has 4 nitrogen and oxygen atoms in total. The molecule has 0 heterocycles. The van der Waals surface area contributed by atoms with Gasteiger partial charge in [-0.05, 0) is 46.7 Å². The number of hydrogen-bond acceptors (Lipinski definition) is 2. The fourth-order valence-electron chi connectivity index (χ4n) is 3.52. The van der Waals surface area contributed by atoms with Crippen LogP contribution in [0.1, 0.15) is 31.0 Å². The number of halogens is 1. The van der Waals surface area contributed by atoms with Gasteiger partial charge in [0.1, 0.15) is 5.75 Å². The first-order valence-electron chi connectivity index (χ1n) is 7.78. The summed E-state index contributed by atoms with van der Waals surface area (Å²) in [6.07, 6.45) is -0.189. The molecule has 2 aromatic carbocycles. The van der Waals surface area contributed by atoms with Gasteiger partial charge >= 0.3 is 6.09 Å². The Bertz CT molecular complexity index is 801. The van der Waals surface area contributed by atoms with Crippen LogP contribution in [0.5, 0.6) is 5.75 Å². The van der Waals surface area contributed by atoms with Crippen LogP contribution < -0.4 is 10.1 Å². The molecular weight excluding hydrogens is 326 g/mol. The molecule has 1 aliphatic rings. The van der Waals surface area contributed by atoms with E-state index in [1.165, 1.54) is 0 Å². The Labute approximate surface area is 146 Å². The van der Waals surface area contributed by atoms with E-state index in [1.54, 1.807) is 13.2 Å². The van der Waals surface area contributed by atoms with Crippen molar-refractivity contribution in [2.24, 2.45) is 5.41 Å². The Balaban J connectivity index is 2.06. The zero-order valence-corrected chi connectivity index (χ0v) is 14.6. The summed E-state index contributed by atoms with van der Waals surface area (Å²) in [5.74, 6) is 0.761. The molecule has 0 aromatic heterocycles. The summed E-state index contributed by atoms with van der Waals surface area (Å²) in [6.45, 7) is 4.15. The largest absolute Gasteiger partial charge is 0.496 e. The van der Waals surface area contributed by atoms with E-state index < -0.39 is 6.09 Å². The lowest BCUT2D eigenvalue weighted by Gasteiger charge is -2.27. The van der Waals surface area contributed by atoms with Crippen LogP contribution in [0.3, 0.4) is 0 Å². The van der Waals surface area contributed by atoms with E-state index in [1.807, 2.05) is 24.3 Å². The van der Waals surface area contributed by atoms with Crippen LogP contribution >= 0.6 is 11.6 Å². The Morgan fingerprint density at radius 2 is 2.04 bits per heavy atom. The van der Waals surface area contributed by atoms with Gasteiger partial charge < -0.3 is 15.2 Å². The predicted octanol–water partition coefficient (Wildman–Crippen LogP) is 4.91. The first-order valence-corrected chi connectivity index (χ1v) is 8.16. The average Bonchev–Trinajstić information content (AvgIpc) is 2.76. The molecule has 0 saturated carbocycles. The van der Waals surface area contributed by atoms with E-state index in [9.17, 15) is 4.79 Å². The standard InChI is InChI=1S/C19H20ClNO3/c1-19(2)10-12-8-11(4-6-14(12)17(19)21-18(22)23)15-9-13(20)5-7-16(15)24-3/h4-9,17,21H,10H2,1-3H3,(H,22,23). The number of ether oxygens (including phenoxy) is 1. The molecule has 1 aliphatic carbocycles. The Hall–Kier alpha value is -2.20. The molecule has 1 amide bonds. The van der Waals surface area contributed by atoms with Crippen molar-refractivity contribution in [3.05, 3.63) is 52.5 Å². The fourth-order valence-corrected chi connectivity index (χ4v) is 3.70. The highest BCUT2D eigenvalue weighted by atomic mass is 35.5. The normalized spacial score (nSPS) is 18.1. The number of amides is 1. The molecule has 1 atom stereocenters. The molecule has 126 valence electrons. The molecular formula is C19H20ClNO3. The maximum Gasteiger partial charge on any atom is 0.405 e. The summed E-state index contributed by atoms with van der Waals surface area (Å²) in [7, 11) is 1.63. The third-order valence-corrected chi connectivity index (χ3v) is 4.86. The molecule has 0 radical (unpaired) electrons. The minimum atomic E-state index is -0.999. The van der Waals surface area contributed by atoms with Crippen LogP contribution in [-0.4, -0.2) is 18.3 Å². The van der Waals surface area contributed by atoms with Gasteiger partial charge in [0.15, 0.2) is 0 Å². The van der Waals surface area contributed by atoms with Gasteiger partial charge in [-0.1, -0.05) is 43.6 Å². The van der Waals surface area contributed by atoms with Crippen LogP contribution in [0, 0.1) is 5.41 Å². The van der Waals surface area contributed by atoms with E-state index in [-0.39, 0.29) is 11.5 Å². The Morgan fingerprint density at radius 3 is 2.71 bits per heavy atom. The highest BCUT2D eigenvalue weighted by Gasteiger charge is 2.40. The Kier molecular flexibility index (Phi) is 4.18. The van der Waals surface area contributed by atoms with Gasteiger partial charge in [0.2, 0.25) is 0 Å². The maximum atomic E-state index is 11.1. The molecule has 5 heteroatoms. The zero-order chi connectivity index (χ0) is 17.5.